The lowest BCUT2D eigenvalue weighted by Crippen LogP contribution is -2.43. The number of aliphatic hydroxyl groups excluding tert-OH is 1. The van der Waals surface area contributed by atoms with Crippen LogP contribution in [0.2, 0.25) is 0 Å². The summed E-state index contributed by atoms with van der Waals surface area (Å²) in [6.07, 6.45) is 4.31. The van der Waals surface area contributed by atoms with Gasteiger partial charge < -0.3 is 76.3 Å². The number of nitrogens with zero attached hydrogens (tertiary/aromatic N) is 11. The Balaban J connectivity index is 0.000000200. The first kappa shape index (κ1) is 98.6. The molecule has 3 N–H and O–H groups in total. The average Bonchev–Trinajstić information content (AvgIpc) is 1.46. The Bertz CT molecular complexity index is 5520. The molecule has 2 aliphatic rings. The lowest BCUT2D eigenvalue weighted by Gasteiger charge is -2.45. The average molecular weight is 1820 g/mol. The number of methoxy groups -OCH3 is 4. The van der Waals surface area contributed by atoms with Crippen molar-refractivity contribution in [1.82, 2.24) is 43.1 Å². The molecule has 29 heteroatoms. The maximum Gasteiger partial charge on any atom is 0.259 e. The van der Waals surface area contributed by atoms with Gasteiger partial charge in [0.2, 0.25) is 0 Å². The molecule has 0 spiro atoms. The zero-order valence-electron chi connectivity index (χ0n) is 77.4. The Morgan fingerprint density at radius 2 is 0.771 bits per heavy atom. The lowest BCUT2D eigenvalue weighted by molar-refractivity contribution is -0.0930. The van der Waals surface area contributed by atoms with Crippen LogP contribution in [0, 0.1) is 22.7 Å². The maximum atomic E-state index is 13.2. The zero-order chi connectivity index (χ0) is 93.3. The Hall–Kier alpha value is -11.5. The van der Waals surface area contributed by atoms with Crippen molar-refractivity contribution >= 4 is 62.5 Å². The summed E-state index contributed by atoms with van der Waals surface area (Å²) < 4.78 is 80.5. The predicted octanol–water partition coefficient (Wildman–Crippen LogP) is 20.4. The number of fused-ring (bicyclic) bond motifs is 2. The summed E-state index contributed by atoms with van der Waals surface area (Å²) in [4.78, 5) is 44.0. The molecule has 8 aromatic carbocycles. The molecular formula is C102H121N13O14P2. The van der Waals surface area contributed by atoms with Crippen molar-refractivity contribution < 1.29 is 66.2 Å². The van der Waals surface area contributed by atoms with Gasteiger partial charge in [-0.3, -0.25) is 9.59 Å². The van der Waals surface area contributed by atoms with Crippen LogP contribution in [0.25, 0.3) is 22.1 Å². The minimum atomic E-state index is -1.65. The van der Waals surface area contributed by atoms with Gasteiger partial charge in [0.05, 0.1) is 103 Å². The van der Waals surface area contributed by atoms with Crippen molar-refractivity contribution in [3.05, 3.63) is 300 Å². The van der Waals surface area contributed by atoms with Gasteiger partial charge in [-0.25, -0.2) is 33.9 Å². The van der Waals surface area contributed by atoms with Gasteiger partial charge in [0.1, 0.15) is 94.4 Å². The third-order valence-corrected chi connectivity index (χ3v) is 27.9. The van der Waals surface area contributed by atoms with Gasteiger partial charge in [0.15, 0.2) is 8.45 Å². The van der Waals surface area contributed by atoms with E-state index < -0.39 is 65.0 Å². The van der Waals surface area contributed by atoms with Gasteiger partial charge in [0.25, 0.3) is 20.3 Å². The number of aromatic nitrogens is 6. The van der Waals surface area contributed by atoms with E-state index >= 15 is 0 Å². The quantitative estimate of drug-likeness (QED) is 0.0183. The Morgan fingerprint density at radius 1 is 0.443 bits per heavy atom. The highest BCUT2D eigenvalue weighted by molar-refractivity contribution is 7.47. The Kier molecular flexibility index (Phi) is 35.4. The highest BCUT2D eigenvalue weighted by Gasteiger charge is 2.47. The molecular weight excluding hydrogens is 1690 g/mol. The van der Waals surface area contributed by atoms with Crippen LogP contribution in [0.1, 0.15) is 175 Å². The molecule has 27 nitrogen and oxygen atoms in total. The number of amides is 2. The molecule has 2 fully saturated rings. The van der Waals surface area contributed by atoms with Crippen LogP contribution in [0.4, 0.5) is 11.6 Å². The fourth-order valence-corrected chi connectivity index (χ4v) is 20.8. The molecule has 2 amide bonds. The first-order chi connectivity index (χ1) is 63.4. The number of rotatable bonds is 39. The second-order valence-electron chi connectivity index (χ2n) is 33.3. The molecule has 2 saturated heterocycles. The van der Waals surface area contributed by atoms with Crippen LogP contribution in [0.5, 0.6) is 23.0 Å². The number of ether oxygens (including phenoxy) is 8. The number of nitriles is 2. The summed E-state index contributed by atoms with van der Waals surface area (Å²) in [5, 5.41) is 36.7. The van der Waals surface area contributed by atoms with Crippen LogP contribution in [0.15, 0.2) is 256 Å². The fraction of sp³-hybridized carbons (Fsp3) is 0.373. The predicted molar refractivity (Wildman–Crippen MR) is 511 cm³/mol. The van der Waals surface area contributed by atoms with Crippen LogP contribution in [-0.2, 0) is 43.7 Å². The second-order valence-corrected chi connectivity index (χ2v) is 36.3. The molecule has 1 unspecified atom stereocenters. The van der Waals surface area contributed by atoms with Crippen molar-refractivity contribution in [3.8, 4) is 35.1 Å². The first-order valence-corrected chi connectivity index (χ1v) is 46.6. The van der Waals surface area contributed by atoms with Gasteiger partial charge in [-0.15, -0.1) is 0 Å². The van der Waals surface area contributed by atoms with E-state index in [-0.39, 0.29) is 50.1 Å². The molecule has 12 aromatic rings. The molecule has 0 radical (unpaired) electrons. The monoisotopic (exact) mass is 1810 g/mol. The number of carbonyl (C=O) groups excluding carboxylic acids is 2. The number of hydrogen-bond acceptors (Lipinski definition) is 23. The SMILES string of the molecule is CC(C)N(C(C)C)P(OCCC#N)N(C(C)C)C(C)C.COc1ccc(C(OC[C@H]2O[C@@H](n3ccc4c(NC(=O)c5ccccc5)ncnc43)C[C@@H]2O)(c2ccccc2)c2ccc(OC)cc2)cc1.COc1ccc(C(OC[C@H]2O[C@@H](n3ccc4c(NC(=O)c5ccccc5)ncnc43)C[C@@H]2OP(OCCC#N)N(C(C)C)C(C)C)(c2ccccc2)c2ccc(OC)cc2)cc1. The lowest BCUT2D eigenvalue weighted by atomic mass is 9.80. The summed E-state index contributed by atoms with van der Waals surface area (Å²) in [6.45, 7) is 27.0. The van der Waals surface area contributed by atoms with E-state index in [2.05, 4.69) is 152 Å². The highest BCUT2D eigenvalue weighted by atomic mass is 31.2. The molecule has 4 aromatic heterocycles. The Morgan fingerprint density at radius 3 is 1.12 bits per heavy atom. The van der Waals surface area contributed by atoms with E-state index in [1.54, 1.807) is 52.7 Å². The molecule has 688 valence electrons. The van der Waals surface area contributed by atoms with E-state index in [0.717, 1.165) is 56.4 Å². The fourth-order valence-electron chi connectivity index (χ4n) is 16.7. The van der Waals surface area contributed by atoms with Crippen LogP contribution in [0.3, 0.4) is 0 Å². The molecule has 0 aliphatic carbocycles. The minimum absolute atomic E-state index is 0.0805. The number of nitrogens with one attached hydrogen (secondary N) is 2. The van der Waals surface area contributed by atoms with Crippen LogP contribution < -0.4 is 29.6 Å². The summed E-state index contributed by atoms with van der Waals surface area (Å²) in [6, 6.07) is 79.4. The third-order valence-electron chi connectivity index (χ3n) is 22.7. The van der Waals surface area contributed by atoms with Crippen molar-refractivity contribution in [2.75, 3.05) is 65.5 Å². The third kappa shape index (κ3) is 23.7. The van der Waals surface area contributed by atoms with Gasteiger partial charge >= 0.3 is 0 Å². The smallest absolute Gasteiger partial charge is 0.259 e. The standard InChI is InChI=1S/C48H53N6O7P.C39H36N4O6.C15H32N3OP/c1-33(2)54(34(3)4)62(59-29-13-27-49)61-42-30-44(53-28-26-41-45(50-32-51-46(41)53)52-47(55)35-14-9-7-10-15-35)60-43(42)31-58-48(36-16-11-8-12-17-36,37-18-22-39(56-5)23-19-37)38-20-24-40(57-6)25-21-38;1-46-30-17-13-28(14-18-30)39(27-11-7-4-8-12-27,29-15-19-31(47-2)20-16-29)48-24-34-33(44)23-35(49-34)43-22-21-32-36(40-25-41-37(32)43)42-38(45)26-9-5-3-6-10-26;1-12(2)17(13(3)4)20(19-11-9-10-16)18(14(5)6)15(7)8/h7-12,14-26,28,32-34,42-44H,13,29-31H2,1-6H3,(H,50,51,52,55);3-22,25,33-35,44H,23-24H2,1-2H3,(H,40,41,42,45);12-15H,9,11H2,1-8H3/t42-,43+,44+,62?;33-,34+,35+;/m00./s1. The number of hydrogen-bond donors (Lipinski definition) is 3. The van der Waals surface area contributed by atoms with Crippen molar-refractivity contribution in [3.63, 3.8) is 0 Å². The maximum absolute atomic E-state index is 13.2. The Labute approximate surface area is 771 Å². The van der Waals surface area contributed by atoms with Crippen molar-refractivity contribution in [2.45, 2.75) is 193 Å². The summed E-state index contributed by atoms with van der Waals surface area (Å²) in [7, 11) is 4.08. The second kappa shape index (κ2) is 47.1. The molecule has 131 heavy (non-hydrogen) atoms. The topological polar surface area (TPSA) is 299 Å². The van der Waals surface area contributed by atoms with Gasteiger partial charge in [0, 0.05) is 72.6 Å². The van der Waals surface area contributed by atoms with Crippen LogP contribution in [-0.4, -0.2) is 176 Å². The summed E-state index contributed by atoms with van der Waals surface area (Å²) in [5.74, 6) is 3.12. The largest absolute Gasteiger partial charge is 0.497 e. The molecule has 6 heterocycles. The molecule has 14 rings (SSSR count). The normalized spacial score (nSPS) is 16.6. The van der Waals surface area contributed by atoms with E-state index in [0.29, 0.717) is 94.9 Å². The minimum Gasteiger partial charge on any atom is -0.497 e. The van der Waals surface area contributed by atoms with Gasteiger partial charge in [-0.05, 0) is 201 Å². The van der Waals surface area contributed by atoms with E-state index in [1.165, 1.54) is 12.7 Å². The first-order valence-electron chi connectivity index (χ1n) is 44.3. The summed E-state index contributed by atoms with van der Waals surface area (Å²) >= 11 is 0. The zero-order valence-corrected chi connectivity index (χ0v) is 79.2. The van der Waals surface area contributed by atoms with Gasteiger partial charge in [-0.2, -0.15) is 10.5 Å². The molecule has 2 aliphatic heterocycles. The highest BCUT2D eigenvalue weighted by Crippen LogP contribution is 2.54. The number of anilines is 2. The van der Waals surface area contributed by atoms with Crippen molar-refractivity contribution in [1.29, 1.82) is 10.5 Å². The summed E-state index contributed by atoms with van der Waals surface area (Å²) in [5.41, 5.74) is 5.38. The number of aliphatic hydroxyl groups is 1. The number of benzene rings is 8. The molecule has 7 atom stereocenters. The van der Waals surface area contributed by atoms with E-state index in [9.17, 15) is 20.0 Å². The van der Waals surface area contributed by atoms with Gasteiger partial charge in [-0.1, -0.05) is 146 Å². The number of carbonyl (C=O) groups is 2. The van der Waals surface area contributed by atoms with E-state index in [1.807, 2.05) is 216 Å². The van der Waals surface area contributed by atoms with Crippen molar-refractivity contribution in [2.24, 2.45) is 0 Å². The van der Waals surface area contributed by atoms with E-state index in [4.69, 9.17) is 56.7 Å². The van der Waals surface area contributed by atoms with Crippen LogP contribution >= 0.6 is 17.0 Å². The molecule has 0 saturated carbocycles. The molecule has 0 bridgehead atoms.